The van der Waals surface area contributed by atoms with Gasteiger partial charge in [0.1, 0.15) is 6.07 Å². The van der Waals surface area contributed by atoms with Crippen molar-refractivity contribution >= 4 is 12.2 Å². The van der Waals surface area contributed by atoms with E-state index < -0.39 is 24.4 Å². The number of aromatic nitrogens is 1. The van der Waals surface area contributed by atoms with Crippen LogP contribution in [0.5, 0.6) is 0 Å². The third-order valence-electron chi connectivity index (χ3n) is 3.38. The molecule has 1 aromatic rings. The van der Waals surface area contributed by atoms with E-state index in [-0.39, 0.29) is 12.1 Å². The predicted molar refractivity (Wildman–Crippen MR) is 89.6 cm³/mol. The van der Waals surface area contributed by atoms with Gasteiger partial charge in [-0.15, -0.1) is 0 Å². The van der Waals surface area contributed by atoms with Crippen molar-refractivity contribution in [1.29, 1.82) is 15.8 Å². The molecule has 0 amide bonds. The average molecular weight is 348 g/mol. The number of rotatable bonds is 6. The molecule has 0 aliphatic rings. The second kappa shape index (κ2) is 9.35. The maximum absolute atomic E-state index is 12.4. The largest absolute Gasteiger partial charge is 0.389 e. The van der Waals surface area contributed by atoms with Crippen molar-refractivity contribution in [2.45, 2.75) is 39.4 Å². The van der Waals surface area contributed by atoms with Crippen molar-refractivity contribution in [1.82, 2.24) is 4.57 Å². The highest BCUT2D eigenvalue weighted by atomic mass is 19.4. The number of hydrogen-bond acceptors (Lipinski definition) is 3. The standard InChI is InChI=1S/C16H13F3N4.C2H6/c1-3-13-12(7-20)8-23(14(13)4-2)11-15(9-21,10-22)5-6-16(17,18)19;1-2/h3-4,8H,1-2,5-6,11H2;1-2H3. The lowest BCUT2D eigenvalue weighted by Gasteiger charge is -2.21. The minimum absolute atomic E-state index is 0.246. The molecule has 1 rings (SSSR count). The Balaban J connectivity index is 0.00000277. The van der Waals surface area contributed by atoms with E-state index in [0.29, 0.717) is 11.3 Å². The Morgan fingerprint density at radius 3 is 2.00 bits per heavy atom. The molecule has 0 fully saturated rings. The third-order valence-corrected chi connectivity index (χ3v) is 3.38. The second-order valence-electron chi connectivity index (χ2n) is 4.91. The molecular weight excluding hydrogens is 329 g/mol. The summed E-state index contributed by atoms with van der Waals surface area (Å²) < 4.78 is 38.7. The van der Waals surface area contributed by atoms with Gasteiger partial charge >= 0.3 is 6.18 Å². The molecule has 1 aromatic heterocycles. The first-order chi connectivity index (χ1) is 11.8. The molecule has 25 heavy (non-hydrogen) atoms. The van der Waals surface area contributed by atoms with Gasteiger partial charge in [-0.1, -0.05) is 33.1 Å². The van der Waals surface area contributed by atoms with Crippen molar-refractivity contribution in [3.63, 3.8) is 0 Å². The lowest BCUT2D eigenvalue weighted by molar-refractivity contribution is -0.138. The van der Waals surface area contributed by atoms with Crippen molar-refractivity contribution in [2.75, 3.05) is 0 Å². The van der Waals surface area contributed by atoms with Crippen molar-refractivity contribution in [3.8, 4) is 18.2 Å². The molecule has 0 spiro atoms. The third kappa shape index (κ3) is 5.55. The Morgan fingerprint density at radius 1 is 1.08 bits per heavy atom. The maximum atomic E-state index is 12.4. The van der Waals surface area contributed by atoms with Gasteiger partial charge in [0.05, 0.1) is 24.2 Å². The average Bonchev–Trinajstić information content (AvgIpc) is 2.95. The highest BCUT2D eigenvalue weighted by molar-refractivity contribution is 5.67. The summed E-state index contributed by atoms with van der Waals surface area (Å²) >= 11 is 0. The van der Waals surface area contributed by atoms with E-state index in [1.165, 1.54) is 22.9 Å². The highest BCUT2D eigenvalue weighted by Crippen LogP contribution is 2.33. The molecule has 1 heterocycles. The van der Waals surface area contributed by atoms with Gasteiger partial charge in [-0.25, -0.2) is 0 Å². The molecule has 0 aromatic carbocycles. The topological polar surface area (TPSA) is 76.3 Å². The van der Waals surface area contributed by atoms with Crippen molar-refractivity contribution in [3.05, 3.63) is 36.2 Å². The fourth-order valence-corrected chi connectivity index (χ4v) is 2.18. The molecule has 0 aliphatic carbocycles. The lowest BCUT2D eigenvalue weighted by Crippen LogP contribution is -2.26. The van der Waals surface area contributed by atoms with Crippen LogP contribution in [0.2, 0.25) is 0 Å². The maximum Gasteiger partial charge on any atom is 0.389 e. The van der Waals surface area contributed by atoms with E-state index in [1.807, 2.05) is 19.9 Å². The number of alkyl halides is 3. The normalized spacial score (nSPS) is 10.5. The lowest BCUT2D eigenvalue weighted by atomic mass is 9.86. The van der Waals surface area contributed by atoms with Gasteiger partial charge in [-0.3, -0.25) is 0 Å². The number of hydrogen-bond donors (Lipinski definition) is 0. The summed E-state index contributed by atoms with van der Waals surface area (Å²) in [5.41, 5.74) is -0.714. The van der Waals surface area contributed by atoms with E-state index in [9.17, 15) is 23.7 Å². The van der Waals surface area contributed by atoms with Crippen molar-refractivity contribution in [2.24, 2.45) is 5.41 Å². The summed E-state index contributed by atoms with van der Waals surface area (Å²) in [4.78, 5) is 0. The SMILES string of the molecule is C=Cc1c(C#N)cn(CC(C#N)(C#N)CCC(F)(F)F)c1C=C.CC. The van der Waals surface area contributed by atoms with Gasteiger partial charge in [0.25, 0.3) is 0 Å². The van der Waals surface area contributed by atoms with E-state index in [1.54, 1.807) is 12.1 Å². The van der Waals surface area contributed by atoms with Gasteiger partial charge < -0.3 is 4.57 Å². The Morgan fingerprint density at radius 2 is 1.64 bits per heavy atom. The number of nitrogens with zero attached hydrogens (tertiary/aromatic N) is 4. The van der Waals surface area contributed by atoms with Gasteiger partial charge in [0.2, 0.25) is 0 Å². The fraction of sp³-hybridized carbons (Fsp3) is 0.389. The summed E-state index contributed by atoms with van der Waals surface area (Å²) in [5, 5.41) is 27.5. The molecule has 132 valence electrons. The molecule has 0 bridgehead atoms. The summed E-state index contributed by atoms with van der Waals surface area (Å²) in [7, 11) is 0. The molecule has 0 saturated heterocycles. The van der Waals surface area contributed by atoms with E-state index in [2.05, 4.69) is 13.2 Å². The fourth-order valence-electron chi connectivity index (χ4n) is 2.18. The van der Waals surface area contributed by atoms with Crippen LogP contribution in [0.4, 0.5) is 13.2 Å². The Kier molecular flexibility index (Phi) is 8.23. The first-order valence-corrected chi connectivity index (χ1v) is 7.53. The minimum atomic E-state index is -4.46. The molecular formula is C18H19F3N4. The van der Waals surface area contributed by atoms with Gasteiger partial charge in [0, 0.05) is 23.9 Å². The summed E-state index contributed by atoms with van der Waals surface area (Å²) in [5.74, 6) is 0. The summed E-state index contributed by atoms with van der Waals surface area (Å²) in [6.07, 6.45) is -2.14. The van der Waals surface area contributed by atoms with Crippen LogP contribution < -0.4 is 0 Å². The summed E-state index contributed by atoms with van der Waals surface area (Å²) in [6, 6.07) is 5.29. The second-order valence-corrected chi connectivity index (χ2v) is 4.91. The van der Waals surface area contributed by atoms with Crippen LogP contribution in [-0.4, -0.2) is 10.7 Å². The van der Waals surface area contributed by atoms with Gasteiger partial charge in [-0.05, 0) is 12.5 Å². The summed E-state index contributed by atoms with van der Waals surface area (Å²) in [6.45, 7) is 10.9. The minimum Gasteiger partial charge on any atom is -0.343 e. The monoisotopic (exact) mass is 348 g/mol. The first kappa shape index (κ1) is 22.0. The Labute approximate surface area is 145 Å². The molecule has 4 nitrogen and oxygen atoms in total. The van der Waals surface area contributed by atoms with E-state index >= 15 is 0 Å². The van der Waals surface area contributed by atoms with Crippen LogP contribution >= 0.6 is 0 Å². The van der Waals surface area contributed by atoms with Crippen LogP contribution in [0.15, 0.2) is 19.4 Å². The Hall–Kier alpha value is -2.98. The van der Waals surface area contributed by atoms with Crippen LogP contribution in [0.3, 0.4) is 0 Å². The quantitative estimate of drug-likeness (QED) is 0.722. The zero-order chi connectivity index (χ0) is 19.7. The van der Waals surface area contributed by atoms with Gasteiger partial charge in [-0.2, -0.15) is 29.0 Å². The molecule has 0 N–H and O–H groups in total. The first-order valence-electron chi connectivity index (χ1n) is 7.53. The highest BCUT2D eigenvalue weighted by Gasteiger charge is 2.37. The number of halogens is 3. The molecule has 0 saturated carbocycles. The molecule has 0 aliphatic heterocycles. The van der Waals surface area contributed by atoms with E-state index in [0.717, 1.165) is 0 Å². The predicted octanol–water partition coefficient (Wildman–Crippen LogP) is 5.05. The zero-order valence-corrected chi connectivity index (χ0v) is 14.2. The van der Waals surface area contributed by atoms with Crippen LogP contribution in [-0.2, 0) is 6.54 Å². The van der Waals surface area contributed by atoms with Crippen LogP contribution in [0.25, 0.3) is 12.2 Å². The molecule has 7 heteroatoms. The van der Waals surface area contributed by atoms with E-state index in [4.69, 9.17) is 5.26 Å². The number of nitriles is 3. The van der Waals surface area contributed by atoms with Crippen LogP contribution in [0.1, 0.15) is 43.5 Å². The van der Waals surface area contributed by atoms with Gasteiger partial charge in [0.15, 0.2) is 5.41 Å². The molecule has 0 radical (unpaired) electrons. The van der Waals surface area contributed by atoms with Crippen molar-refractivity contribution < 1.29 is 13.2 Å². The van der Waals surface area contributed by atoms with Crippen LogP contribution in [0, 0.1) is 39.4 Å². The zero-order valence-electron chi connectivity index (χ0n) is 14.2. The molecule has 0 unspecified atom stereocenters. The Bertz CT molecular complexity index is 723. The smallest absolute Gasteiger partial charge is 0.343 e. The molecule has 0 atom stereocenters.